The lowest BCUT2D eigenvalue weighted by molar-refractivity contribution is -0.136. The Bertz CT molecular complexity index is 595. The Hall–Kier alpha value is -1.69. The molecule has 0 spiro atoms. The number of hydrogen-bond acceptors (Lipinski definition) is 4. The molecule has 1 aromatic rings. The van der Waals surface area contributed by atoms with E-state index >= 15 is 0 Å². The Balaban J connectivity index is 2.30. The maximum Gasteiger partial charge on any atom is 0.347 e. The van der Waals surface area contributed by atoms with Crippen LogP contribution in [-0.4, -0.2) is 45.7 Å². The van der Waals surface area contributed by atoms with Gasteiger partial charge in [-0.15, -0.1) is 0 Å². The second kappa shape index (κ2) is 6.39. The second-order valence-corrected chi connectivity index (χ2v) is 6.00. The average molecular weight is 293 g/mol. The molecule has 0 amide bonds. The predicted octanol–water partition coefficient (Wildman–Crippen LogP) is 0.829. The normalized spacial score (nSPS) is 19.7. The summed E-state index contributed by atoms with van der Waals surface area (Å²) in [6.45, 7) is 6.20. The molecule has 0 radical (unpaired) electrons. The predicted molar refractivity (Wildman–Crippen MR) is 79.5 cm³/mol. The molecule has 1 aliphatic heterocycles. The Morgan fingerprint density at radius 2 is 2.14 bits per heavy atom. The highest BCUT2D eigenvalue weighted by Gasteiger charge is 2.21. The number of rotatable bonds is 4. The van der Waals surface area contributed by atoms with E-state index in [0.29, 0.717) is 23.7 Å². The lowest BCUT2D eigenvalue weighted by Crippen LogP contribution is -2.37. The van der Waals surface area contributed by atoms with Crippen molar-refractivity contribution in [3.63, 3.8) is 0 Å². The number of likely N-dealkylation sites (tertiary alicyclic amines) is 1. The molecule has 1 unspecified atom stereocenters. The summed E-state index contributed by atoms with van der Waals surface area (Å²) in [5.41, 5.74) is 1.65. The monoisotopic (exact) mass is 293 g/mol. The largest absolute Gasteiger partial charge is 0.481 e. The van der Waals surface area contributed by atoms with E-state index in [2.05, 4.69) is 16.9 Å². The van der Waals surface area contributed by atoms with E-state index in [4.69, 9.17) is 5.11 Å². The minimum atomic E-state index is -0.898. The molecule has 1 saturated heterocycles. The number of nitrogens with zero attached hydrogens (tertiary/aromatic N) is 3. The van der Waals surface area contributed by atoms with Crippen LogP contribution in [0.15, 0.2) is 4.79 Å². The summed E-state index contributed by atoms with van der Waals surface area (Å²) in [6, 6.07) is 0. The van der Waals surface area contributed by atoms with Crippen molar-refractivity contribution in [3.05, 3.63) is 27.4 Å². The molecule has 1 aromatic heterocycles. The summed E-state index contributed by atoms with van der Waals surface area (Å²) >= 11 is 0. The maximum atomic E-state index is 12.1. The molecule has 116 valence electrons. The molecule has 1 aliphatic rings. The zero-order valence-electron chi connectivity index (χ0n) is 12.9. The molecule has 2 rings (SSSR count). The van der Waals surface area contributed by atoms with E-state index in [1.807, 2.05) is 6.92 Å². The molecule has 0 saturated carbocycles. The maximum absolute atomic E-state index is 12.1. The standard InChI is InChI=1S/C15H23N3O3/c1-10-13(7-14(19)20)11(2)18(15(21)16-10)9-12-5-4-6-17(3)8-12/h12H,4-9H2,1-3H3,(H,19,20). The summed E-state index contributed by atoms with van der Waals surface area (Å²) < 4.78 is 1.65. The molecule has 0 bridgehead atoms. The van der Waals surface area contributed by atoms with Crippen LogP contribution in [0.3, 0.4) is 0 Å². The van der Waals surface area contributed by atoms with Gasteiger partial charge >= 0.3 is 11.7 Å². The molecule has 21 heavy (non-hydrogen) atoms. The van der Waals surface area contributed by atoms with Crippen molar-refractivity contribution >= 4 is 5.97 Å². The van der Waals surface area contributed by atoms with Gasteiger partial charge in [-0.25, -0.2) is 4.79 Å². The van der Waals surface area contributed by atoms with Gasteiger partial charge in [0.2, 0.25) is 0 Å². The minimum absolute atomic E-state index is 0.0878. The highest BCUT2D eigenvalue weighted by atomic mass is 16.4. The molecule has 0 aliphatic carbocycles. The minimum Gasteiger partial charge on any atom is -0.481 e. The van der Waals surface area contributed by atoms with E-state index in [0.717, 1.165) is 31.6 Å². The fourth-order valence-electron chi connectivity index (χ4n) is 3.14. The van der Waals surface area contributed by atoms with Gasteiger partial charge in [0.05, 0.1) is 6.42 Å². The van der Waals surface area contributed by atoms with Crippen LogP contribution < -0.4 is 5.69 Å². The molecular formula is C15H23N3O3. The van der Waals surface area contributed by atoms with Gasteiger partial charge in [-0.3, -0.25) is 9.36 Å². The Labute approximate surface area is 124 Å². The first-order valence-corrected chi connectivity index (χ1v) is 7.35. The number of carbonyl (C=O) groups is 1. The van der Waals surface area contributed by atoms with Gasteiger partial charge in [0, 0.05) is 30.0 Å². The first kappa shape index (κ1) is 15.7. The fourth-order valence-corrected chi connectivity index (χ4v) is 3.14. The zero-order valence-corrected chi connectivity index (χ0v) is 12.9. The number of aromatic nitrogens is 2. The van der Waals surface area contributed by atoms with E-state index in [9.17, 15) is 9.59 Å². The van der Waals surface area contributed by atoms with Crippen LogP contribution in [0.2, 0.25) is 0 Å². The van der Waals surface area contributed by atoms with Crippen molar-refractivity contribution in [2.45, 2.75) is 39.7 Å². The average Bonchev–Trinajstić information content (AvgIpc) is 2.39. The van der Waals surface area contributed by atoms with Gasteiger partial charge in [-0.2, -0.15) is 4.98 Å². The fraction of sp³-hybridized carbons (Fsp3) is 0.667. The SMILES string of the molecule is Cc1nc(=O)n(CC2CCCN(C)C2)c(C)c1CC(=O)O. The van der Waals surface area contributed by atoms with Crippen LogP contribution >= 0.6 is 0 Å². The Morgan fingerprint density at radius 1 is 1.43 bits per heavy atom. The zero-order chi connectivity index (χ0) is 15.6. The van der Waals surface area contributed by atoms with Gasteiger partial charge in [-0.05, 0) is 46.2 Å². The van der Waals surface area contributed by atoms with E-state index < -0.39 is 5.97 Å². The first-order valence-electron chi connectivity index (χ1n) is 7.35. The summed E-state index contributed by atoms with van der Waals surface area (Å²) in [6.07, 6.45) is 2.14. The number of hydrogen-bond donors (Lipinski definition) is 1. The molecule has 1 N–H and O–H groups in total. The van der Waals surface area contributed by atoms with Gasteiger partial charge in [0.1, 0.15) is 0 Å². The summed E-state index contributed by atoms with van der Waals surface area (Å²) in [5.74, 6) is -0.479. The van der Waals surface area contributed by atoms with Crippen LogP contribution in [0.4, 0.5) is 0 Å². The van der Waals surface area contributed by atoms with Crippen molar-refractivity contribution in [1.82, 2.24) is 14.5 Å². The van der Waals surface area contributed by atoms with Crippen LogP contribution in [0.25, 0.3) is 0 Å². The topological polar surface area (TPSA) is 75.4 Å². The van der Waals surface area contributed by atoms with Crippen LogP contribution in [-0.2, 0) is 17.8 Å². The molecular weight excluding hydrogens is 270 g/mol. The number of carboxylic acid groups (broad SMARTS) is 1. The van der Waals surface area contributed by atoms with Crippen LogP contribution in [0.5, 0.6) is 0 Å². The van der Waals surface area contributed by atoms with E-state index in [-0.39, 0.29) is 12.1 Å². The van der Waals surface area contributed by atoms with E-state index in [1.165, 1.54) is 0 Å². The highest BCUT2D eigenvalue weighted by molar-refractivity contribution is 5.70. The van der Waals surface area contributed by atoms with E-state index in [1.54, 1.807) is 11.5 Å². The number of aryl methyl sites for hydroxylation is 1. The third-order valence-corrected chi connectivity index (χ3v) is 4.26. The molecule has 0 aromatic carbocycles. The van der Waals surface area contributed by atoms with Crippen molar-refractivity contribution < 1.29 is 9.90 Å². The summed E-state index contributed by atoms with van der Waals surface area (Å²) in [4.78, 5) is 29.4. The number of piperidine rings is 1. The van der Waals surface area contributed by atoms with Crippen LogP contribution in [0, 0.1) is 19.8 Å². The van der Waals surface area contributed by atoms with Gasteiger partial charge in [0.15, 0.2) is 0 Å². The molecule has 1 fully saturated rings. The van der Waals surface area contributed by atoms with Crippen molar-refractivity contribution in [2.75, 3.05) is 20.1 Å². The van der Waals surface area contributed by atoms with Gasteiger partial charge in [0.25, 0.3) is 0 Å². The number of carboxylic acids is 1. The van der Waals surface area contributed by atoms with Crippen LogP contribution in [0.1, 0.15) is 29.8 Å². The third kappa shape index (κ3) is 3.69. The van der Waals surface area contributed by atoms with Crippen molar-refractivity contribution in [1.29, 1.82) is 0 Å². The molecule has 6 heteroatoms. The van der Waals surface area contributed by atoms with Gasteiger partial charge < -0.3 is 10.0 Å². The van der Waals surface area contributed by atoms with Crippen molar-refractivity contribution in [3.8, 4) is 0 Å². The smallest absolute Gasteiger partial charge is 0.347 e. The lowest BCUT2D eigenvalue weighted by Gasteiger charge is -2.30. The highest BCUT2D eigenvalue weighted by Crippen LogP contribution is 2.18. The summed E-state index contributed by atoms with van der Waals surface area (Å²) in [7, 11) is 2.09. The molecule has 1 atom stereocenters. The Kier molecular flexibility index (Phi) is 4.77. The second-order valence-electron chi connectivity index (χ2n) is 6.00. The quantitative estimate of drug-likeness (QED) is 0.890. The first-order chi connectivity index (χ1) is 9.88. The third-order valence-electron chi connectivity index (χ3n) is 4.26. The molecule has 6 nitrogen and oxygen atoms in total. The molecule has 2 heterocycles. The summed E-state index contributed by atoms with van der Waals surface area (Å²) in [5, 5.41) is 9.01. The lowest BCUT2D eigenvalue weighted by atomic mass is 9.98. The van der Waals surface area contributed by atoms with Crippen molar-refractivity contribution in [2.24, 2.45) is 5.92 Å². The number of aliphatic carboxylic acids is 1. The Morgan fingerprint density at radius 3 is 2.76 bits per heavy atom. The van der Waals surface area contributed by atoms with Gasteiger partial charge in [-0.1, -0.05) is 0 Å².